The number of amides is 1. The van der Waals surface area contributed by atoms with Crippen molar-refractivity contribution < 1.29 is 14.5 Å². The average molecular weight is 389 g/mol. The number of nitro groups is 1. The Bertz CT molecular complexity index is 1020. The summed E-state index contributed by atoms with van der Waals surface area (Å²) < 4.78 is 5.64. The molecule has 3 aromatic rings. The van der Waals surface area contributed by atoms with E-state index in [0.717, 1.165) is 11.1 Å². The third kappa shape index (κ3) is 5.26. The molecule has 29 heavy (non-hydrogen) atoms. The molecule has 1 amide bonds. The van der Waals surface area contributed by atoms with Crippen molar-refractivity contribution in [2.45, 2.75) is 13.0 Å². The molecule has 0 aromatic heterocycles. The zero-order valence-electron chi connectivity index (χ0n) is 15.7. The van der Waals surface area contributed by atoms with Gasteiger partial charge in [0.2, 0.25) is 0 Å². The van der Waals surface area contributed by atoms with Crippen molar-refractivity contribution >= 4 is 17.8 Å². The summed E-state index contributed by atoms with van der Waals surface area (Å²) >= 11 is 0. The van der Waals surface area contributed by atoms with Crippen molar-refractivity contribution in [1.82, 2.24) is 5.43 Å². The molecule has 7 heteroatoms. The molecule has 0 fully saturated rings. The van der Waals surface area contributed by atoms with E-state index in [0.29, 0.717) is 11.3 Å². The van der Waals surface area contributed by atoms with Gasteiger partial charge in [-0.05, 0) is 36.2 Å². The maximum absolute atomic E-state index is 12.2. The Hall–Kier alpha value is -4.00. The van der Waals surface area contributed by atoms with Gasteiger partial charge in [0.05, 0.1) is 16.7 Å². The van der Waals surface area contributed by atoms with Crippen molar-refractivity contribution in [3.8, 4) is 16.9 Å². The fourth-order valence-corrected chi connectivity index (χ4v) is 2.63. The molecule has 0 aliphatic carbocycles. The summed E-state index contributed by atoms with van der Waals surface area (Å²) in [5, 5.41) is 14.8. The van der Waals surface area contributed by atoms with Crippen LogP contribution in [0.3, 0.4) is 0 Å². The number of carbonyl (C=O) groups is 1. The summed E-state index contributed by atoms with van der Waals surface area (Å²) in [5.74, 6) is 0.0852. The SMILES string of the molecule is CC(Oc1ccc(-c2ccccc2)cc1)C(=O)N/N=C/c1ccccc1[N+](=O)[O-]. The van der Waals surface area contributed by atoms with E-state index >= 15 is 0 Å². The molecule has 1 atom stereocenters. The molecular formula is C22H19N3O4. The third-order valence-electron chi connectivity index (χ3n) is 4.16. The minimum Gasteiger partial charge on any atom is -0.481 e. The number of ether oxygens (including phenoxy) is 1. The van der Waals surface area contributed by atoms with Crippen molar-refractivity contribution in [2.75, 3.05) is 0 Å². The smallest absolute Gasteiger partial charge is 0.280 e. The van der Waals surface area contributed by atoms with Crippen LogP contribution in [0.25, 0.3) is 11.1 Å². The van der Waals surface area contributed by atoms with Crippen LogP contribution in [-0.2, 0) is 4.79 Å². The van der Waals surface area contributed by atoms with Crippen LogP contribution in [0.1, 0.15) is 12.5 Å². The molecule has 1 unspecified atom stereocenters. The Morgan fingerprint density at radius 3 is 2.31 bits per heavy atom. The summed E-state index contributed by atoms with van der Waals surface area (Å²) in [6.07, 6.45) is 0.442. The summed E-state index contributed by atoms with van der Waals surface area (Å²) in [4.78, 5) is 22.6. The maximum Gasteiger partial charge on any atom is 0.280 e. The Morgan fingerprint density at radius 2 is 1.62 bits per heavy atom. The number of hydrogen-bond acceptors (Lipinski definition) is 5. The molecule has 0 saturated heterocycles. The largest absolute Gasteiger partial charge is 0.481 e. The molecule has 0 aliphatic rings. The predicted octanol–water partition coefficient (Wildman–Crippen LogP) is 4.18. The first kappa shape index (κ1) is 19.8. The molecule has 0 saturated carbocycles. The molecule has 0 bridgehead atoms. The van der Waals surface area contributed by atoms with Crippen LogP contribution in [0.15, 0.2) is 84.0 Å². The van der Waals surface area contributed by atoms with E-state index in [2.05, 4.69) is 10.5 Å². The van der Waals surface area contributed by atoms with Gasteiger partial charge in [-0.25, -0.2) is 5.43 Å². The molecule has 0 spiro atoms. The highest BCUT2D eigenvalue weighted by atomic mass is 16.6. The third-order valence-corrected chi connectivity index (χ3v) is 4.16. The van der Waals surface area contributed by atoms with Gasteiger partial charge in [-0.2, -0.15) is 5.10 Å². The van der Waals surface area contributed by atoms with Gasteiger partial charge in [0.1, 0.15) is 5.75 Å². The van der Waals surface area contributed by atoms with E-state index in [1.807, 2.05) is 42.5 Å². The minimum atomic E-state index is -0.791. The summed E-state index contributed by atoms with van der Waals surface area (Å²) in [7, 11) is 0. The van der Waals surface area contributed by atoms with Crippen molar-refractivity contribution in [3.05, 3.63) is 94.5 Å². The quantitative estimate of drug-likeness (QED) is 0.373. The summed E-state index contributed by atoms with van der Waals surface area (Å²) in [5.41, 5.74) is 4.68. The Kier molecular flexibility index (Phi) is 6.32. The molecule has 1 N–H and O–H groups in total. The van der Waals surface area contributed by atoms with Gasteiger partial charge in [0.25, 0.3) is 11.6 Å². The highest BCUT2D eigenvalue weighted by Gasteiger charge is 2.15. The van der Waals surface area contributed by atoms with Crippen LogP contribution >= 0.6 is 0 Å². The molecule has 146 valence electrons. The zero-order chi connectivity index (χ0) is 20.6. The summed E-state index contributed by atoms with van der Waals surface area (Å²) in [6, 6.07) is 23.5. The number of carbonyl (C=O) groups excluding carboxylic acids is 1. The van der Waals surface area contributed by atoms with Crippen LogP contribution < -0.4 is 10.2 Å². The standard InChI is InChI=1S/C22H19N3O4/c1-16(22(26)24-23-15-19-9-5-6-10-21(19)25(27)28)29-20-13-11-18(12-14-20)17-7-3-2-4-8-17/h2-16H,1H3,(H,24,26)/b23-15+. The molecule has 0 radical (unpaired) electrons. The van der Waals surface area contributed by atoms with Gasteiger partial charge in [-0.1, -0.05) is 54.6 Å². The lowest BCUT2D eigenvalue weighted by molar-refractivity contribution is -0.385. The van der Waals surface area contributed by atoms with E-state index < -0.39 is 16.9 Å². The van der Waals surface area contributed by atoms with E-state index in [4.69, 9.17) is 4.74 Å². The zero-order valence-corrected chi connectivity index (χ0v) is 15.7. The van der Waals surface area contributed by atoms with E-state index in [-0.39, 0.29) is 5.69 Å². The molecule has 0 heterocycles. The van der Waals surface area contributed by atoms with Gasteiger partial charge in [-0.15, -0.1) is 0 Å². The second-order valence-corrected chi connectivity index (χ2v) is 6.20. The van der Waals surface area contributed by atoms with Crippen LogP contribution in [-0.4, -0.2) is 23.1 Å². The van der Waals surface area contributed by atoms with Gasteiger partial charge in [0.15, 0.2) is 6.10 Å². The highest BCUT2D eigenvalue weighted by molar-refractivity contribution is 5.87. The Balaban J connectivity index is 1.58. The minimum absolute atomic E-state index is 0.0895. The average Bonchev–Trinajstić information content (AvgIpc) is 2.75. The number of benzene rings is 3. The van der Waals surface area contributed by atoms with Crippen LogP contribution in [0.2, 0.25) is 0 Å². The molecule has 3 rings (SSSR count). The number of hydrazone groups is 1. The summed E-state index contributed by atoms with van der Waals surface area (Å²) in [6.45, 7) is 1.60. The van der Waals surface area contributed by atoms with E-state index in [1.165, 1.54) is 12.3 Å². The first-order chi connectivity index (χ1) is 14.0. The van der Waals surface area contributed by atoms with Crippen molar-refractivity contribution in [1.29, 1.82) is 0 Å². The number of hydrogen-bond donors (Lipinski definition) is 1. The Morgan fingerprint density at radius 1 is 1.00 bits per heavy atom. The van der Waals surface area contributed by atoms with Gasteiger partial charge >= 0.3 is 0 Å². The lowest BCUT2D eigenvalue weighted by Gasteiger charge is -2.13. The second kappa shape index (κ2) is 9.27. The van der Waals surface area contributed by atoms with Crippen molar-refractivity contribution in [2.24, 2.45) is 5.10 Å². The lowest BCUT2D eigenvalue weighted by Crippen LogP contribution is -2.33. The highest BCUT2D eigenvalue weighted by Crippen LogP contribution is 2.22. The topological polar surface area (TPSA) is 93.8 Å². The monoisotopic (exact) mass is 389 g/mol. The second-order valence-electron chi connectivity index (χ2n) is 6.20. The Labute approximate surface area is 167 Å². The van der Waals surface area contributed by atoms with Gasteiger partial charge in [-0.3, -0.25) is 14.9 Å². The normalized spacial score (nSPS) is 11.8. The van der Waals surface area contributed by atoms with Gasteiger partial charge < -0.3 is 4.74 Å². The van der Waals surface area contributed by atoms with Crippen LogP contribution in [0, 0.1) is 10.1 Å². The number of para-hydroxylation sites is 1. The van der Waals surface area contributed by atoms with E-state index in [1.54, 1.807) is 37.3 Å². The predicted molar refractivity (Wildman–Crippen MR) is 111 cm³/mol. The number of nitro benzene ring substituents is 1. The van der Waals surface area contributed by atoms with Crippen LogP contribution in [0.5, 0.6) is 5.75 Å². The maximum atomic E-state index is 12.2. The molecular weight excluding hydrogens is 370 g/mol. The number of rotatable bonds is 7. The fourth-order valence-electron chi connectivity index (χ4n) is 2.63. The number of nitrogens with zero attached hydrogens (tertiary/aromatic N) is 2. The lowest BCUT2D eigenvalue weighted by atomic mass is 10.1. The molecule has 7 nitrogen and oxygen atoms in total. The molecule has 3 aromatic carbocycles. The van der Waals surface area contributed by atoms with Gasteiger partial charge in [0, 0.05) is 6.07 Å². The first-order valence-electron chi connectivity index (χ1n) is 8.93. The first-order valence-corrected chi connectivity index (χ1v) is 8.93. The van der Waals surface area contributed by atoms with E-state index in [9.17, 15) is 14.9 Å². The number of nitrogens with one attached hydrogen (secondary N) is 1. The van der Waals surface area contributed by atoms with Crippen LogP contribution in [0.4, 0.5) is 5.69 Å². The fraction of sp³-hybridized carbons (Fsp3) is 0.0909. The molecule has 0 aliphatic heterocycles. The van der Waals surface area contributed by atoms with Crippen molar-refractivity contribution in [3.63, 3.8) is 0 Å².